The molecule has 1 aromatic rings. The van der Waals surface area contributed by atoms with E-state index in [2.05, 4.69) is 10.6 Å². The van der Waals surface area contributed by atoms with Gasteiger partial charge in [-0.2, -0.15) is 0 Å². The lowest BCUT2D eigenvalue weighted by Crippen LogP contribution is -2.30. The van der Waals surface area contributed by atoms with Crippen LogP contribution in [0.4, 0.5) is 10.5 Å². The van der Waals surface area contributed by atoms with Gasteiger partial charge in [0.15, 0.2) is 0 Å². The van der Waals surface area contributed by atoms with E-state index >= 15 is 0 Å². The molecule has 100 valence electrons. The molecule has 2 N–H and O–H groups in total. The Hall–Kier alpha value is -1.27. The van der Waals surface area contributed by atoms with E-state index < -0.39 is 5.97 Å². The number of methoxy groups -OCH3 is 1. The molecular weight excluding hydrogens is 276 g/mol. The predicted molar refractivity (Wildman–Crippen MR) is 72.9 cm³/mol. The van der Waals surface area contributed by atoms with Gasteiger partial charge < -0.3 is 15.4 Å². The topological polar surface area (TPSA) is 67.4 Å². The second kappa shape index (κ2) is 6.61. The van der Waals surface area contributed by atoms with Crippen molar-refractivity contribution in [1.29, 1.82) is 0 Å². The predicted octanol–water partition coefficient (Wildman–Crippen LogP) is 2.51. The number of carbonyl (C=O) groups excluding carboxylic acids is 2. The SMILES string of the molecule is COC(=O)c1c(C)sc(C)c1NC(=O)NCCCl. The molecule has 0 fully saturated rings. The highest BCUT2D eigenvalue weighted by Crippen LogP contribution is 2.32. The fourth-order valence-corrected chi connectivity index (χ4v) is 2.60. The molecule has 0 atom stereocenters. The Morgan fingerprint density at radius 3 is 2.56 bits per heavy atom. The molecule has 18 heavy (non-hydrogen) atoms. The van der Waals surface area contributed by atoms with E-state index in [1.54, 1.807) is 0 Å². The lowest BCUT2D eigenvalue weighted by atomic mass is 10.2. The standard InChI is InChI=1S/C11H15ClN2O3S/c1-6-8(10(15)17-3)9(7(2)18-6)14-11(16)13-5-4-12/h4-5H2,1-3H3,(H2,13,14,16). The van der Waals surface area contributed by atoms with Gasteiger partial charge in [0, 0.05) is 22.2 Å². The van der Waals surface area contributed by atoms with Crippen molar-refractivity contribution in [3.05, 3.63) is 15.3 Å². The van der Waals surface area contributed by atoms with Crippen LogP contribution in [0, 0.1) is 13.8 Å². The summed E-state index contributed by atoms with van der Waals surface area (Å²) >= 11 is 6.91. The average Bonchev–Trinajstić information content (AvgIpc) is 2.61. The summed E-state index contributed by atoms with van der Waals surface area (Å²) in [6, 6.07) is -0.387. The summed E-state index contributed by atoms with van der Waals surface area (Å²) in [5.41, 5.74) is 0.900. The fraction of sp³-hybridized carbons (Fsp3) is 0.455. The Bertz CT molecular complexity index is 459. The van der Waals surface area contributed by atoms with Crippen molar-refractivity contribution in [2.75, 3.05) is 24.9 Å². The van der Waals surface area contributed by atoms with Crippen molar-refractivity contribution >= 4 is 40.6 Å². The Kier molecular flexibility index (Phi) is 5.43. The van der Waals surface area contributed by atoms with E-state index in [-0.39, 0.29) is 6.03 Å². The van der Waals surface area contributed by atoms with Gasteiger partial charge in [-0.05, 0) is 13.8 Å². The number of rotatable bonds is 4. The zero-order valence-electron chi connectivity index (χ0n) is 10.4. The third-order valence-corrected chi connectivity index (χ3v) is 3.48. The number of halogens is 1. The van der Waals surface area contributed by atoms with Crippen molar-refractivity contribution in [3.63, 3.8) is 0 Å². The molecule has 0 saturated heterocycles. The average molecular weight is 291 g/mol. The Morgan fingerprint density at radius 2 is 2.00 bits per heavy atom. The number of urea groups is 1. The molecule has 1 heterocycles. The first-order valence-electron chi connectivity index (χ1n) is 5.30. The highest BCUT2D eigenvalue weighted by molar-refractivity contribution is 7.12. The summed E-state index contributed by atoms with van der Waals surface area (Å²) in [5.74, 6) is -0.122. The number of hydrogen-bond donors (Lipinski definition) is 2. The maximum absolute atomic E-state index is 11.7. The minimum Gasteiger partial charge on any atom is -0.465 e. The van der Waals surface area contributed by atoms with Crippen molar-refractivity contribution in [2.24, 2.45) is 0 Å². The molecule has 0 radical (unpaired) electrons. The van der Waals surface area contributed by atoms with E-state index in [4.69, 9.17) is 16.3 Å². The van der Waals surface area contributed by atoms with Gasteiger partial charge in [0.2, 0.25) is 0 Å². The molecule has 2 amide bonds. The number of esters is 1. The number of hydrogen-bond acceptors (Lipinski definition) is 4. The van der Waals surface area contributed by atoms with Gasteiger partial charge >= 0.3 is 12.0 Å². The van der Waals surface area contributed by atoms with Crippen LogP contribution in [0.15, 0.2) is 0 Å². The van der Waals surface area contributed by atoms with Gasteiger partial charge in [-0.15, -0.1) is 22.9 Å². The number of nitrogens with one attached hydrogen (secondary N) is 2. The molecule has 5 nitrogen and oxygen atoms in total. The van der Waals surface area contributed by atoms with E-state index in [0.29, 0.717) is 23.7 Å². The van der Waals surface area contributed by atoms with Crippen molar-refractivity contribution < 1.29 is 14.3 Å². The van der Waals surface area contributed by atoms with Crippen LogP contribution in [0.1, 0.15) is 20.1 Å². The van der Waals surface area contributed by atoms with Gasteiger partial charge in [-0.1, -0.05) is 0 Å². The molecule has 0 aliphatic rings. The second-order valence-corrected chi connectivity index (χ2v) is 5.33. The van der Waals surface area contributed by atoms with Crippen LogP contribution in [0.5, 0.6) is 0 Å². The largest absolute Gasteiger partial charge is 0.465 e. The van der Waals surface area contributed by atoms with Gasteiger partial charge in [0.05, 0.1) is 18.4 Å². The van der Waals surface area contributed by atoms with Crippen LogP contribution in [0.3, 0.4) is 0 Å². The van der Waals surface area contributed by atoms with Gasteiger partial charge in [-0.25, -0.2) is 9.59 Å². The van der Waals surface area contributed by atoms with Gasteiger partial charge in [-0.3, -0.25) is 0 Å². The third-order valence-electron chi connectivity index (χ3n) is 2.27. The zero-order valence-corrected chi connectivity index (χ0v) is 12.0. The summed E-state index contributed by atoms with van der Waals surface area (Å²) in [6.45, 7) is 4.01. The summed E-state index contributed by atoms with van der Waals surface area (Å²) in [5, 5.41) is 5.22. The van der Waals surface area contributed by atoms with Crippen molar-refractivity contribution in [1.82, 2.24) is 5.32 Å². The molecule has 0 aliphatic carbocycles. The maximum Gasteiger partial charge on any atom is 0.341 e. The van der Waals surface area contributed by atoms with Crippen molar-refractivity contribution in [3.8, 4) is 0 Å². The monoisotopic (exact) mass is 290 g/mol. The second-order valence-electron chi connectivity index (χ2n) is 3.53. The highest BCUT2D eigenvalue weighted by atomic mass is 35.5. The molecule has 7 heteroatoms. The fourth-order valence-electron chi connectivity index (χ4n) is 1.50. The Labute approximate surface area is 114 Å². The van der Waals surface area contributed by atoms with E-state index in [0.717, 1.165) is 9.75 Å². The van der Waals surface area contributed by atoms with Crippen LogP contribution < -0.4 is 10.6 Å². The van der Waals surface area contributed by atoms with Crippen LogP contribution in [-0.4, -0.2) is 31.5 Å². The number of alkyl halides is 1. The third kappa shape index (κ3) is 3.36. The molecule has 0 unspecified atom stereocenters. The van der Waals surface area contributed by atoms with E-state index in [1.165, 1.54) is 18.4 Å². The Morgan fingerprint density at radius 1 is 1.33 bits per heavy atom. The number of ether oxygens (including phenoxy) is 1. The first kappa shape index (κ1) is 14.8. The lowest BCUT2D eigenvalue weighted by Gasteiger charge is -2.08. The minimum absolute atomic E-state index is 0.332. The summed E-state index contributed by atoms with van der Waals surface area (Å²) in [7, 11) is 1.31. The summed E-state index contributed by atoms with van der Waals surface area (Å²) in [6.07, 6.45) is 0. The number of amides is 2. The molecule has 0 saturated carbocycles. The number of carbonyl (C=O) groups is 2. The van der Waals surface area contributed by atoms with E-state index in [9.17, 15) is 9.59 Å². The molecule has 0 bridgehead atoms. The quantitative estimate of drug-likeness (QED) is 0.661. The van der Waals surface area contributed by atoms with Crippen LogP contribution >= 0.6 is 22.9 Å². The number of anilines is 1. The van der Waals surface area contributed by atoms with Crippen LogP contribution in [-0.2, 0) is 4.74 Å². The van der Waals surface area contributed by atoms with E-state index in [1.807, 2.05) is 13.8 Å². The zero-order chi connectivity index (χ0) is 13.7. The first-order chi connectivity index (χ1) is 8.51. The molecule has 0 aromatic carbocycles. The normalized spacial score (nSPS) is 10.0. The molecule has 1 rings (SSSR count). The minimum atomic E-state index is -0.454. The molecule has 0 aliphatic heterocycles. The Balaban J connectivity index is 2.94. The molecular formula is C11H15ClN2O3S. The number of thiophene rings is 1. The lowest BCUT2D eigenvalue weighted by molar-refractivity contribution is 0.0601. The molecule has 1 aromatic heterocycles. The van der Waals surface area contributed by atoms with Crippen LogP contribution in [0.25, 0.3) is 0 Å². The smallest absolute Gasteiger partial charge is 0.341 e. The first-order valence-corrected chi connectivity index (χ1v) is 6.65. The van der Waals surface area contributed by atoms with Crippen LogP contribution in [0.2, 0.25) is 0 Å². The molecule has 0 spiro atoms. The van der Waals surface area contributed by atoms with Gasteiger partial charge in [0.25, 0.3) is 0 Å². The summed E-state index contributed by atoms with van der Waals surface area (Å²) < 4.78 is 4.71. The van der Waals surface area contributed by atoms with Gasteiger partial charge in [0.1, 0.15) is 0 Å². The summed E-state index contributed by atoms with van der Waals surface area (Å²) in [4.78, 5) is 24.9. The maximum atomic E-state index is 11.7. The number of aryl methyl sites for hydroxylation is 2. The van der Waals surface area contributed by atoms with Crippen molar-refractivity contribution in [2.45, 2.75) is 13.8 Å². The highest BCUT2D eigenvalue weighted by Gasteiger charge is 2.21.